The zero-order valence-electron chi connectivity index (χ0n) is 9.74. The third-order valence-electron chi connectivity index (χ3n) is 1.93. The van der Waals surface area contributed by atoms with Crippen LogP contribution in [0, 0.1) is 10.1 Å². The molecule has 0 aromatic heterocycles. The zero-order chi connectivity index (χ0) is 14.0. The number of nitrogens with two attached hydrogens (primary N) is 1. The molecular weight excluding hydrogens is 248 g/mol. The van der Waals surface area contributed by atoms with Gasteiger partial charge in [-0.2, -0.15) is 0 Å². The molecule has 0 amide bonds. The molecule has 0 aromatic carbocycles. The smallest absolute Gasteiger partial charge is 0.323 e. The van der Waals surface area contributed by atoms with Gasteiger partial charge in [-0.1, -0.05) is 0 Å². The molecule has 0 saturated heterocycles. The van der Waals surface area contributed by atoms with Crippen molar-refractivity contribution in [1.82, 2.24) is 0 Å². The van der Waals surface area contributed by atoms with Gasteiger partial charge in [0.1, 0.15) is 6.04 Å². The number of aliphatic carboxylic acids is 1. The van der Waals surface area contributed by atoms with Crippen molar-refractivity contribution in [2.24, 2.45) is 5.73 Å². The summed E-state index contributed by atoms with van der Waals surface area (Å²) in [6.07, 6.45) is 1.09. The van der Waals surface area contributed by atoms with Gasteiger partial charge in [-0.05, 0) is 19.3 Å². The number of ether oxygens (including phenoxy) is 1. The second kappa shape index (κ2) is 9.16. The van der Waals surface area contributed by atoms with Crippen LogP contribution in [0.25, 0.3) is 0 Å². The Balaban J connectivity index is 3.45. The molecule has 0 radical (unpaired) electrons. The zero-order valence-corrected chi connectivity index (χ0v) is 9.74. The Labute approximate surface area is 103 Å². The average Bonchev–Trinajstić information content (AvgIpc) is 2.26. The number of esters is 1. The lowest BCUT2D eigenvalue weighted by Gasteiger charge is -2.09. The maximum absolute atomic E-state index is 11.1. The number of carboxylic acids is 1. The van der Waals surface area contributed by atoms with E-state index in [1.165, 1.54) is 0 Å². The Bertz CT molecular complexity index is 295. The normalized spacial score (nSPS) is 11.6. The van der Waals surface area contributed by atoms with Gasteiger partial charge >= 0.3 is 11.9 Å². The molecule has 18 heavy (non-hydrogen) atoms. The first-order valence-electron chi connectivity index (χ1n) is 5.34. The van der Waals surface area contributed by atoms with Gasteiger partial charge in [0.05, 0.1) is 19.6 Å². The molecule has 0 fully saturated rings. The van der Waals surface area contributed by atoms with E-state index in [9.17, 15) is 19.7 Å². The van der Waals surface area contributed by atoms with Crippen LogP contribution in [0.2, 0.25) is 0 Å². The maximum Gasteiger partial charge on any atom is 0.323 e. The third kappa shape index (κ3) is 9.33. The van der Waals surface area contributed by atoms with E-state index >= 15 is 0 Å². The Hall–Kier alpha value is -1.90. The molecule has 1 unspecified atom stereocenters. The summed E-state index contributed by atoms with van der Waals surface area (Å²) >= 11 is 0. The maximum atomic E-state index is 11.1. The number of rotatable bonds is 10. The monoisotopic (exact) mass is 264 g/mol. The van der Waals surface area contributed by atoms with Gasteiger partial charge in [0.25, 0.3) is 5.09 Å². The third-order valence-corrected chi connectivity index (χ3v) is 1.93. The molecule has 9 nitrogen and oxygen atoms in total. The molecule has 104 valence electrons. The minimum atomic E-state index is -1.17. The highest BCUT2D eigenvalue weighted by molar-refractivity contribution is 5.81. The summed E-state index contributed by atoms with van der Waals surface area (Å²) in [5, 5.41) is 17.3. The minimum absolute atomic E-state index is 0.000521. The summed E-state index contributed by atoms with van der Waals surface area (Å²) < 4.78 is 4.73. The van der Waals surface area contributed by atoms with Crippen molar-refractivity contribution in [3.63, 3.8) is 0 Å². The van der Waals surface area contributed by atoms with Gasteiger partial charge in [0.15, 0.2) is 0 Å². The summed E-state index contributed by atoms with van der Waals surface area (Å²) in [4.78, 5) is 35.3. The minimum Gasteiger partial charge on any atom is -0.481 e. The summed E-state index contributed by atoms with van der Waals surface area (Å²) in [5.41, 5.74) is 5.26. The van der Waals surface area contributed by atoms with Crippen LogP contribution in [0.4, 0.5) is 0 Å². The van der Waals surface area contributed by atoms with Crippen molar-refractivity contribution in [1.29, 1.82) is 0 Å². The lowest BCUT2D eigenvalue weighted by molar-refractivity contribution is -0.757. The van der Waals surface area contributed by atoms with Gasteiger partial charge in [-0.25, -0.2) is 0 Å². The highest BCUT2D eigenvalue weighted by Gasteiger charge is 2.17. The molecule has 0 aliphatic rings. The molecule has 9 heteroatoms. The van der Waals surface area contributed by atoms with Gasteiger partial charge in [0, 0.05) is 0 Å². The van der Waals surface area contributed by atoms with Crippen LogP contribution < -0.4 is 5.73 Å². The number of nitrogens with zero attached hydrogens (tertiary/aromatic N) is 1. The van der Waals surface area contributed by atoms with Crippen LogP contribution in [-0.4, -0.2) is 41.4 Å². The van der Waals surface area contributed by atoms with Crippen molar-refractivity contribution >= 4 is 11.9 Å². The van der Waals surface area contributed by atoms with Gasteiger partial charge in [-0.3, -0.25) is 9.59 Å². The van der Waals surface area contributed by atoms with E-state index in [1.54, 1.807) is 0 Å². The highest BCUT2D eigenvalue weighted by Crippen LogP contribution is 1.99. The van der Waals surface area contributed by atoms with Crippen molar-refractivity contribution in [3.8, 4) is 0 Å². The first kappa shape index (κ1) is 16.1. The van der Waals surface area contributed by atoms with E-state index in [-0.39, 0.29) is 13.2 Å². The fraction of sp³-hybridized carbons (Fsp3) is 0.778. The summed E-state index contributed by atoms with van der Waals surface area (Å²) in [6, 6.07) is -1.17. The van der Waals surface area contributed by atoms with Crippen LogP contribution in [-0.2, 0) is 19.2 Å². The second-order valence-corrected chi connectivity index (χ2v) is 3.49. The summed E-state index contributed by atoms with van der Waals surface area (Å²) in [5.74, 6) is -1.93. The topological polar surface area (TPSA) is 142 Å². The fourth-order valence-electron chi connectivity index (χ4n) is 1.07. The van der Waals surface area contributed by atoms with E-state index in [0.29, 0.717) is 19.3 Å². The number of unbranched alkanes of at least 4 members (excludes halogenated alkanes) is 2. The predicted molar refractivity (Wildman–Crippen MR) is 58.0 cm³/mol. The molecule has 0 saturated carbocycles. The Morgan fingerprint density at radius 2 is 1.89 bits per heavy atom. The molecule has 0 aliphatic carbocycles. The van der Waals surface area contributed by atoms with E-state index in [2.05, 4.69) is 4.84 Å². The number of carbonyl (C=O) groups is 2. The van der Waals surface area contributed by atoms with E-state index < -0.39 is 29.5 Å². The van der Waals surface area contributed by atoms with Crippen LogP contribution in [0.1, 0.15) is 25.7 Å². The highest BCUT2D eigenvalue weighted by atomic mass is 16.9. The van der Waals surface area contributed by atoms with Crippen LogP contribution in [0.15, 0.2) is 0 Å². The Morgan fingerprint density at radius 3 is 2.44 bits per heavy atom. The molecule has 0 heterocycles. The van der Waals surface area contributed by atoms with Crippen LogP contribution in [0.3, 0.4) is 0 Å². The van der Waals surface area contributed by atoms with E-state index in [1.807, 2.05) is 0 Å². The van der Waals surface area contributed by atoms with E-state index in [4.69, 9.17) is 15.6 Å². The molecule has 0 rings (SSSR count). The van der Waals surface area contributed by atoms with Gasteiger partial charge in [0.2, 0.25) is 0 Å². The molecule has 0 aliphatic heterocycles. The van der Waals surface area contributed by atoms with Crippen LogP contribution >= 0.6 is 0 Å². The van der Waals surface area contributed by atoms with Crippen molar-refractivity contribution < 1.29 is 29.4 Å². The Morgan fingerprint density at radius 1 is 1.28 bits per heavy atom. The molecular formula is C9H16N2O7. The predicted octanol–water partition coefficient (Wildman–Crippen LogP) is -0.290. The molecule has 0 aromatic rings. The average molecular weight is 264 g/mol. The SMILES string of the molecule is NC(CC(=O)O)C(=O)OCCCCCO[N+](=O)[O-]. The first-order valence-corrected chi connectivity index (χ1v) is 5.34. The molecule has 1 atom stereocenters. The number of hydrogen-bond acceptors (Lipinski definition) is 7. The van der Waals surface area contributed by atoms with Crippen LogP contribution in [0.5, 0.6) is 0 Å². The Kier molecular flexibility index (Phi) is 8.20. The second-order valence-electron chi connectivity index (χ2n) is 3.49. The van der Waals surface area contributed by atoms with Crippen molar-refractivity contribution in [2.45, 2.75) is 31.7 Å². The summed E-state index contributed by atoms with van der Waals surface area (Å²) in [7, 11) is 0. The number of carbonyl (C=O) groups excluding carboxylic acids is 1. The number of hydrogen-bond donors (Lipinski definition) is 2. The van der Waals surface area contributed by atoms with E-state index in [0.717, 1.165) is 0 Å². The van der Waals surface area contributed by atoms with Crippen molar-refractivity contribution in [3.05, 3.63) is 10.1 Å². The largest absolute Gasteiger partial charge is 0.481 e. The summed E-state index contributed by atoms with van der Waals surface area (Å²) in [6.45, 7) is 0.101. The lowest BCUT2D eigenvalue weighted by Crippen LogP contribution is -2.34. The molecule has 0 bridgehead atoms. The van der Waals surface area contributed by atoms with Gasteiger partial charge < -0.3 is 20.4 Å². The molecule has 3 N–H and O–H groups in total. The van der Waals surface area contributed by atoms with Crippen molar-refractivity contribution in [2.75, 3.05) is 13.2 Å². The molecule has 0 spiro atoms. The number of carboxylic acid groups (broad SMARTS) is 1. The fourth-order valence-corrected chi connectivity index (χ4v) is 1.07. The standard InChI is InChI=1S/C9H16N2O7/c10-7(6-8(12)13)9(14)17-4-2-1-3-5-18-11(15)16/h7H,1-6,10H2,(H,12,13). The first-order chi connectivity index (χ1) is 8.43. The quantitative estimate of drug-likeness (QED) is 0.237. The lowest BCUT2D eigenvalue weighted by atomic mass is 10.2. The van der Waals surface area contributed by atoms with Gasteiger partial charge in [-0.15, -0.1) is 10.1 Å².